The molecule has 0 bridgehead atoms. The normalized spacial score (nSPS) is 16.6. The van der Waals surface area contributed by atoms with Crippen LogP contribution in [0.4, 0.5) is 5.82 Å². The molecule has 1 aliphatic heterocycles. The van der Waals surface area contributed by atoms with Gasteiger partial charge in [0.2, 0.25) is 11.8 Å². The maximum atomic E-state index is 13.7. The molecule has 2 aromatic carbocycles. The molecular weight excluding hydrogens is 496 g/mol. The van der Waals surface area contributed by atoms with Crippen LogP contribution in [0, 0.1) is 6.92 Å². The number of nitrogens with one attached hydrogen (secondary N) is 1. The summed E-state index contributed by atoms with van der Waals surface area (Å²) in [5.74, 6) is 1.36. The van der Waals surface area contributed by atoms with E-state index in [0.29, 0.717) is 5.82 Å². The SMILES string of the molecule is CCC(C)NC(=O)CN1C(=O)CSC(c2ccccc2C)c2c(C(C)(C)C)nn(-c3ccc(OC)cc3)c21. The van der Waals surface area contributed by atoms with Gasteiger partial charge < -0.3 is 10.1 Å². The van der Waals surface area contributed by atoms with Crippen LogP contribution in [0.15, 0.2) is 48.5 Å². The maximum Gasteiger partial charge on any atom is 0.240 e. The molecule has 0 saturated heterocycles. The van der Waals surface area contributed by atoms with Crippen LogP contribution in [0.3, 0.4) is 0 Å². The summed E-state index contributed by atoms with van der Waals surface area (Å²) in [6.07, 6.45) is 0.814. The van der Waals surface area contributed by atoms with E-state index in [9.17, 15) is 9.59 Å². The first-order valence-electron chi connectivity index (χ1n) is 13.1. The quantitative estimate of drug-likeness (QED) is 0.429. The van der Waals surface area contributed by atoms with Crippen molar-refractivity contribution in [1.82, 2.24) is 15.1 Å². The number of nitrogens with zero attached hydrogens (tertiary/aromatic N) is 3. The van der Waals surface area contributed by atoms with Crippen molar-refractivity contribution in [2.75, 3.05) is 24.3 Å². The van der Waals surface area contributed by atoms with Gasteiger partial charge >= 0.3 is 0 Å². The van der Waals surface area contributed by atoms with E-state index in [2.05, 4.69) is 45.1 Å². The Kier molecular flexibility index (Phi) is 8.21. The van der Waals surface area contributed by atoms with Crippen LogP contribution in [0.25, 0.3) is 5.69 Å². The summed E-state index contributed by atoms with van der Waals surface area (Å²) in [4.78, 5) is 28.5. The number of carbonyl (C=O) groups excluding carboxylic acids is 2. The van der Waals surface area contributed by atoms with Gasteiger partial charge in [-0.15, -0.1) is 11.8 Å². The van der Waals surface area contributed by atoms with E-state index in [1.54, 1.807) is 23.8 Å². The number of benzene rings is 2. The topological polar surface area (TPSA) is 76.5 Å². The maximum absolute atomic E-state index is 13.7. The number of hydrogen-bond donors (Lipinski definition) is 1. The van der Waals surface area contributed by atoms with Crippen molar-refractivity contribution in [3.05, 3.63) is 70.9 Å². The van der Waals surface area contributed by atoms with E-state index < -0.39 is 0 Å². The van der Waals surface area contributed by atoms with Gasteiger partial charge in [0.25, 0.3) is 0 Å². The molecule has 1 aromatic heterocycles. The molecule has 1 N–H and O–H groups in total. The molecule has 7 nitrogen and oxygen atoms in total. The average molecular weight is 535 g/mol. The van der Waals surface area contributed by atoms with Crippen LogP contribution >= 0.6 is 11.8 Å². The average Bonchev–Trinajstić information content (AvgIpc) is 3.23. The molecule has 0 fully saturated rings. The number of amides is 2. The molecule has 1 aliphatic rings. The number of thioether (sulfide) groups is 1. The molecular formula is C30H38N4O3S. The van der Waals surface area contributed by atoms with Crippen LogP contribution in [-0.4, -0.2) is 47.0 Å². The van der Waals surface area contributed by atoms with E-state index in [0.717, 1.165) is 40.2 Å². The predicted octanol–water partition coefficient (Wildman–Crippen LogP) is 5.57. The van der Waals surface area contributed by atoms with Crippen molar-refractivity contribution in [2.24, 2.45) is 0 Å². The number of ether oxygens (including phenoxy) is 1. The standard InChI is InChI=1S/C30H38N4O3S/c1-8-20(3)31-24(35)17-33-25(36)18-38-27(23-12-10-9-11-19(23)2)26-28(30(4,5)6)32-34(29(26)33)21-13-15-22(37-7)16-14-21/h9-16,20,27H,8,17-18H2,1-7H3,(H,31,35). The molecule has 0 aliphatic carbocycles. The lowest BCUT2D eigenvalue weighted by atomic mass is 9.86. The van der Waals surface area contributed by atoms with Crippen molar-refractivity contribution >= 4 is 29.4 Å². The van der Waals surface area contributed by atoms with Gasteiger partial charge in [0, 0.05) is 17.0 Å². The molecule has 0 saturated carbocycles. The third-order valence-electron chi connectivity index (χ3n) is 6.91. The van der Waals surface area contributed by atoms with Crippen molar-refractivity contribution in [3.63, 3.8) is 0 Å². The number of aromatic nitrogens is 2. The van der Waals surface area contributed by atoms with Gasteiger partial charge in [-0.05, 0) is 55.7 Å². The van der Waals surface area contributed by atoms with Gasteiger partial charge in [-0.2, -0.15) is 5.10 Å². The largest absolute Gasteiger partial charge is 0.497 e. The van der Waals surface area contributed by atoms with Crippen molar-refractivity contribution in [1.29, 1.82) is 0 Å². The number of carbonyl (C=O) groups is 2. The van der Waals surface area contributed by atoms with Gasteiger partial charge in [0.1, 0.15) is 18.1 Å². The predicted molar refractivity (Wildman–Crippen MR) is 155 cm³/mol. The highest BCUT2D eigenvalue weighted by Crippen LogP contribution is 2.49. The summed E-state index contributed by atoms with van der Waals surface area (Å²) in [7, 11) is 1.63. The molecule has 0 spiro atoms. The van der Waals surface area contributed by atoms with Crippen molar-refractivity contribution in [3.8, 4) is 11.4 Å². The highest BCUT2D eigenvalue weighted by molar-refractivity contribution is 8.00. The Bertz CT molecular complexity index is 1310. The molecule has 2 heterocycles. The fraction of sp³-hybridized carbons (Fsp3) is 0.433. The second-order valence-corrected chi connectivity index (χ2v) is 11.9. The molecule has 38 heavy (non-hydrogen) atoms. The van der Waals surface area contributed by atoms with Crippen LogP contribution in [0.1, 0.15) is 68.7 Å². The first-order chi connectivity index (χ1) is 18.0. The van der Waals surface area contributed by atoms with Gasteiger partial charge in [0.15, 0.2) is 0 Å². The Morgan fingerprint density at radius 1 is 1.18 bits per heavy atom. The third kappa shape index (κ3) is 5.60. The zero-order chi connectivity index (χ0) is 27.6. The summed E-state index contributed by atoms with van der Waals surface area (Å²) in [5, 5.41) is 8.06. The lowest BCUT2D eigenvalue weighted by Gasteiger charge is -2.25. The molecule has 2 atom stereocenters. The lowest BCUT2D eigenvalue weighted by Crippen LogP contribution is -2.44. The van der Waals surface area contributed by atoms with Crippen molar-refractivity contribution < 1.29 is 14.3 Å². The number of anilines is 1. The Morgan fingerprint density at radius 3 is 2.47 bits per heavy atom. The minimum atomic E-state index is -0.304. The van der Waals surface area contributed by atoms with Gasteiger partial charge in [-0.1, -0.05) is 52.0 Å². The minimum absolute atomic E-state index is 0.0229. The summed E-state index contributed by atoms with van der Waals surface area (Å²) in [6.45, 7) is 12.4. The van der Waals surface area contributed by atoms with Gasteiger partial charge in [-0.3, -0.25) is 14.5 Å². The molecule has 4 rings (SSSR count). The molecule has 202 valence electrons. The Labute approximate surface area is 229 Å². The molecule has 2 amide bonds. The molecule has 0 radical (unpaired) electrons. The summed E-state index contributed by atoms with van der Waals surface area (Å²) in [5.41, 5.74) is 4.69. The number of hydrogen-bond acceptors (Lipinski definition) is 5. The number of aryl methyl sites for hydroxylation is 1. The fourth-order valence-corrected chi connectivity index (χ4v) is 5.96. The van der Waals surface area contributed by atoms with E-state index in [4.69, 9.17) is 9.84 Å². The smallest absolute Gasteiger partial charge is 0.240 e. The van der Waals surface area contributed by atoms with Crippen molar-refractivity contribution in [2.45, 2.75) is 64.7 Å². The zero-order valence-electron chi connectivity index (χ0n) is 23.4. The number of rotatable bonds is 7. The van der Waals surface area contributed by atoms with Crippen LogP contribution in [0.5, 0.6) is 5.75 Å². The van der Waals surface area contributed by atoms with E-state index in [-0.39, 0.29) is 40.8 Å². The van der Waals surface area contributed by atoms with E-state index in [1.807, 2.05) is 54.9 Å². The minimum Gasteiger partial charge on any atom is -0.497 e. The molecule has 8 heteroatoms. The first-order valence-corrected chi connectivity index (χ1v) is 14.1. The summed E-state index contributed by atoms with van der Waals surface area (Å²) < 4.78 is 7.21. The number of fused-ring (bicyclic) bond motifs is 1. The fourth-order valence-electron chi connectivity index (χ4n) is 4.67. The van der Waals surface area contributed by atoms with Gasteiger partial charge in [0.05, 0.1) is 29.5 Å². The Hall–Kier alpha value is -3.26. The Balaban J connectivity index is 1.99. The highest BCUT2D eigenvalue weighted by atomic mass is 32.2. The molecule has 2 unspecified atom stereocenters. The number of methoxy groups -OCH3 is 1. The second kappa shape index (κ2) is 11.2. The molecule has 3 aromatic rings. The van der Waals surface area contributed by atoms with Crippen LogP contribution < -0.4 is 15.0 Å². The second-order valence-electron chi connectivity index (χ2n) is 10.9. The van der Waals surface area contributed by atoms with Crippen LogP contribution in [0.2, 0.25) is 0 Å². The Morgan fingerprint density at radius 2 is 1.87 bits per heavy atom. The third-order valence-corrected chi connectivity index (χ3v) is 8.15. The van der Waals surface area contributed by atoms with Crippen LogP contribution in [-0.2, 0) is 15.0 Å². The first kappa shape index (κ1) is 27.8. The summed E-state index contributed by atoms with van der Waals surface area (Å²) >= 11 is 1.60. The highest BCUT2D eigenvalue weighted by Gasteiger charge is 2.40. The monoisotopic (exact) mass is 534 g/mol. The zero-order valence-corrected chi connectivity index (χ0v) is 24.2. The summed E-state index contributed by atoms with van der Waals surface area (Å²) in [6, 6.07) is 15.9. The van der Waals surface area contributed by atoms with E-state index in [1.165, 1.54) is 0 Å². The van der Waals surface area contributed by atoms with Gasteiger partial charge in [-0.25, -0.2) is 4.68 Å². The lowest BCUT2D eigenvalue weighted by molar-refractivity contribution is -0.123. The van der Waals surface area contributed by atoms with E-state index >= 15 is 0 Å².